The first-order chi connectivity index (χ1) is 23.6. The number of rotatable bonds is 8. The first kappa shape index (κ1) is 36.0. The largest absolute Gasteiger partial charge is 0.343 e. The molecule has 0 aromatic carbocycles. The van der Waals surface area contributed by atoms with Gasteiger partial charge < -0.3 is 14.2 Å². The van der Waals surface area contributed by atoms with Crippen LogP contribution in [0.25, 0.3) is 0 Å². The van der Waals surface area contributed by atoms with Crippen molar-refractivity contribution in [1.29, 1.82) is 0 Å². The van der Waals surface area contributed by atoms with Crippen LogP contribution < -0.4 is 0 Å². The fourth-order valence-electron chi connectivity index (χ4n) is 17.7. The van der Waals surface area contributed by atoms with Crippen molar-refractivity contribution < 1.29 is 14.2 Å². The Labute approximate surface area is 317 Å². The monoisotopic (exact) mass is 766 g/mol. The molecule has 4 saturated heterocycles. The van der Waals surface area contributed by atoms with Crippen LogP contribution in [0.15, 0.2) is 22.4 Å². The Kier molecular flexibility index (Phi) is 7.61. The standard InChI is InChI=1S/C44H72O3P2Si2/c1-38-25-40(3)46-39(2,26-41(4,45-38)47-40)44(38,27-48)36-34(17-35(50(5,6)7)37(36)51(8,9)10)24-49(42-18-28-11-29(19-42)13-30(12-28)20-42)43-21-31-14-32(22-43)16-33(15-31)23-43/h17,28-33,37H,11-16,18-27,48H2,1-10H3. The highest BCUT2D eigenvalue weighted by Crippen LogP contribution is 2.81. The molecule has 9 aliphatic carbocycles. The van der Waals surface area contributed by atoms with E-state index in [1.165, 1.54) is 6.16 Å². The molecule has 0 aromatic heterocycles. The molecular weight excluding hydrogens is 695 g/mol. The minimum Gasteiger partial charge on any atom is -0.343 e. The molecule has 13 rings (SSSR count). The van der Waals surface area contributed by atoms with Crippen molar-refractivity contribution in [2.75, 3.05) is 12.3 Å². The van der Waals surface area contributed by atoms with Gasteiger partial charge in [0.1, 0.15) is 0 Å². The SMILES string of the molecule is CC12CC3(C)OC(C)(CC(C)(O1)C3(CP)C1=C(CP(C34CC5CC(CC(C5)C3)C4)C34CC5CC(CC(C5)C3)C4)C=C([Si](C)(C)C)C1[Si](C)(C)C)O2. The maximum absolute atomic E-state index is 7.44. The second-order valence-corrected chi connectivity index (χ2v) is 37.8. The van der Waals surface area contributed by atoms with Crippen molar-refractivity contribution in [3.05, 3.63) is 22.4 Å². The zero-order chi connectivity index (χ0) is 36.0. The molecule has 4 heterocycles. The number of hydrogen-bond acceptors (Lipinski definition) is 3. The van der Waals surface area contributed by atoms with Crippen molar-refractivity contribution >= 4 is 33.3 Å². The van der Waals surface area contributed by atoms with E-state index in [1.54, 1.807) is 77.0 Å². The number of hydrogen-bond donors (Lipinski definition) is 0. The van der Waals surface area contributed by atoms with E-state index in [0.29, 0.717) is 15.9 Å². The Morgan fingerprint density at radius 1 is 0.647 bits per heavy atom. The van der Waals surface area contributed by atoms with E-state index in [1.807, 2.05) is 16.3 Å². The van der Waals surface area contributed by atoms with Crippen molar-refractivity contribution in [2.45, 2.75) is 195 Å². The summed E-state index contributed by atoms with van der Waals surface area (Å²) in [6, 6.07) is 0. The molecular formula is C44H72O3P2Si2. The van der Waals surface area contributed by atoms with Gasteiger partial charge in [-0.1, -0.05) is 64.0 Å². The van der Waals surface area contributed by atoms with E-state index in [9.17, 15) is 0 Å². The van der Waals surface area contributed by atoms with Crippen LogP contribution in [0.3, 0.4) is 0 Å². The molecule has 12 fully saturated rings. The van der Waals surface area contributed by atoms with Crippen molar-refractivity contribution in [3.8, 4) is 0 Å². The Bertz CT molecular complexity index is 1420. The molecule has 4 aliphatic heterocycles. The van der Waals surface area contributed by atoms with E-state index < -0.39 is 27.7 Å². The fraction of sp³-hybridized carbons (Fsp3) is 0.909. The third kappa shape index (κ3) is 4.95. The van der Waals surface area contributed by atoms with Gasteiger partial charge in [-0.3, -0.25) is 0 Å². The third-order valence-electron chi connectivity index (χ3n) is 17.7. The zero-order valence-electron chi connectivity index (χ0n) is 34.2. The van der Waals surface area contributed by atoms with Crippen LogP contribution >= 0.6 is 17.2 Å². The van der Waals surface area contributed by atoms with Crippen LogP contribution in [0, 0.1) is 40.9 Å². The van der Waals surface area contributed by atoms with E-state index in [2.05, 4.69) is 82.3 Å². The Balaban J connectivity index is 1.20. The summed E-state index contributed by atoms with van der Waals surface area (Å²) < 4.78 is 21.6. The van der Waals surface area contributed by atoms with Gasteiger partial charge in [-0.05, 0) is 174 Å². The molecule has 8 saturated carbocycles. The lowest BCUT2D eigenvalue weighted by Crippen LogP contribution is -2.83. The maximum Gasteiger partial charge on any atom is 0.172 e. The summed E-state index contributed by atoms with van der Waals surface area (Å²) in [4.78, 5) is 0. The lowest BCUT2D eigenvalue weighted by atomic mass is 9.51. The van der Waals surface area contributed by atoms with E-state index in [4.69, 9.17) is 14.2 Å². The molecule has 0 amide bonds. The molecule has 13 aliphatic rings. The highest BCUT2D eigenvalue weighted by molar-refractivity contribution is 7.61. The van der Waals surface area contributed by atoms with E-state index in [0.717, 1.165) is 54.5 Å². The Hall–Kier alpha value is 0.654. The summed E-state index contributed by atoms with van der Waals surface area (Å²) in [5.74, 6) is 4.98. The average Bonchev–Trinajstić information content (AvgIpc) is 3.33. The molecule has 0 spiro atoms. The fourth-order valence-corrected chi connectivity index (χ4v) is 30.5. The third-order valence-corrected chi connectivity index (χ3v) is 27.1. The lowest BCUT2D eigenvalue weighted by molar-refractivity contribution is -0.538. The van der Waals surface area contributed by atoms with E-state index in [-0.39, 0.29) is 24.5 Å². The summed E-state index contributed by atoms with van der Waals surface area (Å²) in [6.45, 7) is 25.6. The normalized spacial score (nSPS) is 55.7. The quantitative estimate of drug-likeness (QED) is 0.182. The Morgan fingerprint density at radius 3 is 1.37 bits per heavy atom. The minimum absolute atomic E-state index is 0.158. The van der Waals surface area contributed by atoms with Crippen LogP contribution in [0.5, 0.6) is 0 Å². The molecule has 0 aromatic rings. The molecule has 284 valence electrons. The van der Waals surface area contributed by atoms with Crippen LogP contribution in [0.1, 0.15) is 118 Å². The predicted octanol–water partition coefficient (Wildman–Crippen LogP) is 11.9. The predicted molar refractivity (Wildman–Crippen MR) is 222 cm³/mol. The second-order valence-electron chi connectivity index (χ2n) is 24.0. The van der Waals surface area contributed by atoms with Crippen LogP contribution in [-0.4, -0.2) is 61.6 Å². The lowest BCUT2D eigenvalue weighted by Gasteiger charge is -2.75. The molecule has 3 nitrogen and oxygen atoms in total. The van der Waals surface area contributed by atoms with Crippen LogP contribution in [0.2, 0.25) is 44.8 Å². The smallest absolute Gasteiger partial charge is 0.172 e. The van der Waals surface area contributed by atoms with Crippen LogP contribution in [0.4, 0.5) is 0 Å². The highest BCUT2D eigenvalue weighted by Gasteiger charge is 2.79. The summed E-state index contributed by atoms with van der Waals surface area (Å²) in [5, 5.41) is 3.14. The molecule has 6 unspecified atom stereocenters. The summed E-state index contributed by atoms with van der Waals surface area (Å²) in [6.07, 6.45) is 25.9. The first-order valence-electron chi connectivity index (χ1n) is 21.7. The minimum atomic E-state index is -1.73. The molecule has 7 heteroatoms. The summed E-state index contributed by atoms with van der Waals surface area (Å²) >= 11 is 0. The van der Waals surface area contributed by atoms with Crippen molar-refractivity contribution in [1.82, 2.24) is 0 Å². The van der Waals surface area contributed by atoms with Gasteiger partial charge in [0.15, 0.2) is 11.6 Å². The van der Waals surface area contributed by atoms with E-state index >= 15 is 0 Å². The number of allylic oxidation sites excluding steroid dienone is 3. The van der Waals surface area contributed by atoms with Gasteiger partial charge >= 0.3 is 0 Å². The van der Waals surface area contributed by atoms with Gasteiger partial charge in [-0.15, -0.1) is 9.24 Å². The van der Waals surface area contributed by atoms with Crippen LogP contribution in [-0.2, 0) is 14.2 Å². The van der Waals surface area contributed by atoms with Gasteiger partial charge in [-0.25, -0.2) is 0 Å². The molecule has 0 radical (unpaired) electrons. The van der Waals surface area contributed by atoms with Gasteiger partial charge in [0.25, 0.3) is 0 Å². The number of ether oxygens (including phenoxy) is 3. The summed E-state index contributed by atoms with van der Waals surface area (Å²) in [7, 11) is -0.199. The zero-order valence-corrected chi connectivity index (χ0v) is 38.2. The van der Waals surface area contributed by atoms with Gasteiger partial charge in [0, 0.05) is 12.8 Å². The van der Waals surface area contributed by atoms with Crippen molar-refractivity contribution in [3.63, 3.8) is 0 Å². The average molecular weight is 767 g/mol. The first-order valence-corrected chi connectivity index (χ1v) is 31.1. The molecule has 6 atom stereocenters. The topological polar surface area (TPSA) is 27.7 Å². The second kappa shape index (κ2) is 10.8. The molecule has 12 bridgehead atoms. The maximum atomic E-state index is 7.44. The highest BCUT2D eigenvalue weighted by atomic mass is 31.1. The van der Waals surface area contributed by atoms with Gasteiger partial charge in [0.05, 0.1) is 32.8 Å². The Morgan fingerprint density at radius 2 is 1.04 bits per heavy atom. The van der Waals surface area contributed by atoms with Crippen molar-refractivity contribution in [2.24, 2.45) is 40.9 Å². The van der Waals surface area contributed by atoms with Gasteiger partial charge in [-0.2, -0.15) is 0 Å². The molecule has 51 heavy (non-hydrogen) atoms. The summed E-state index contributed by atoms with van der Waals surface area (Å²) in [5.41, 5.74) is 3.37. The molecule has 0 N–H and O–H groups in total. The van der Waals surface area contributed by atoms with Gasteiger partial charge in [0.2, 0.25) is 0 Å².